The van der Waals surface area contributed by atoms with E-state index in [2.05, 4.69) is 15.0 Å². The Balaban J connectivity index is 1.89. The van der Waals surface area contributed by atoms with Crippen molar-refractivity contribution >= 4 is 22.3 Å². The summed E-state index contributed by atoms with van der Waals surface area (Å²) in [6, 6.07) is 0.144. The zero-order chi connectivity index (χ0) is 14.4. The van der Waals surface area contributed by atoms with Crippen LogP contribution in [0.25, 0.3) is 0 Å². The lowest BCUT2D eigenvalue weighted by molar-refractivity contribution is 0.163. The Hall–Kier alpha value is -0.300. The molecule has 2 aliphatic rings. The van der Waals surface area contributed by atoms with Gasteiger partial charge in [-0.1, -0.05) is 0 Å². The summed E-state index contributed by atoms with van der Waals surface area (Å²) in [5.41, 5.74) is 3.28. The van der Waals surface area contributed by atoms with Crippen LogP contribution in [0.1, 0.15) is 50.2 Å². The van der Waals surface area contributed by atoms with Gasteiger partial charge in [-0.2, -0.15) is 0 Å². The van der Waals surface area contributed by atoms with Crippen LogP contribution < -0.4 is 10.0 Å². The van der Waals surface area contributed by atoms with Gasteiger partial charge in [0.1, 0.15) is 0 Å². The first-order valence-electron chi connectivity index (χ1n) is 7.23. The highest BCUT2D eigenvalue weighted by atomic mass is 32.2. The second kappa shape index (κ2) is 5.16. The highest BCUT2D eigenvalue weighted by Crippen LogP contribution is 2.52. The molecule has 1 aliphatic carbocycles. The van der Waals surface area contributed by atoms with E-state index in [0.29, 0.717) is 0 Å². The zero-order valence-electron chi connectivity index (χ0n) is 12.4. The smallest absolute Gasteiger partial charge is 0.0976 e. The largest absolute Gasteiger partial charge is 0.317 e. The fourth-order valence-electron chi connectivity index (χ4n) is 3.21. The minimum absolute atomic E-state index is 0.144. The van der Waals surface area contributed by atoms with Crippen molar-refractivity contribution in [1.82, 2.24) is 15.0 Å². The first-order valence-corrected chi connectivity index (χ1v) is 9.26. The maximum atomic E-state index is 12.5. The molecule has 6 heteroatoms. The first-order chi connectivity index (χ1) is 9.42. The van der Waals surface area contributed by atoms with Crippen LogP contribution in [0.2, 0.25) is 0 Å². The second-order valence-electron chi connectivity index (χ2n) is 6.88. The molecule has 20 heavy (non-hydrogen) atoms. The molecule has 1 saturated heterocycles. The first kappa shape index (κ1) is 14.6. The van der Waals surface area contributed by atoms with E-state index in [0.717, 1.165) is 38.0 Å². The Labute approximate surface area is 127 Å². The molecule has 112 valence electrons. The summed E-state index contributed by atoms with van der Waals surface area (Å²) in [5.74, 6) is 0. The molecule has 0 saturated carbocycles. The number of nitrogens with one attached hydrogen (secondary N) is 2. The lowest BCUT2D eigenvalue weighted by atomic mass is 9.74. The number of nitrogens with zero attached hydrogens (tertiary/aromatic N) is 1. The van der Waals surface area contributed by atoms with Gasteiger partial charge in [-0.05, 0) is 58.5 Å². The third kappa shape index (κ3) is 2.47. The summed E-state index contributed by atoms with van der Waals surface area (Å²) in [4.78, 5) is 5.95. The second-order valence-corrected chi connectivity index (χ2v) is 9.82. The normalized spacial score (nSPS) is 26.6. The van der Waals surface area contributed by atoms with Gasteiger partial charge < -0.3 is 5.32 Å². The van der Waals surface area contributed by atoms with Gasteiger partial charge in [0.05, 0.1) is 33.0 Å². The quantitative estimate of drug-likeness (QED) is 0.880. The number of fused-ring (bicyclic) bond motifs is 1. The highest BCUT2D eigenvalue weighted by molar-refractivity contribution is 7.84. The van der Waals surface area contributed by atoms with Crippen LogP contribution in [0, 0.1) is 5.41 Å². The van der Waals surface area contributed by atoms with Crippen molar-refractivity contribution in [3.63, 3.8) is 0 Å². The fourth-order valence-corrected chi connectivity index (χ4v) is 5.10. The van der Waals surface area contributed by atoms with Crippen molar-refractivity contribution in [1.29, 1.82) is 0 Å². The molecule has 0 radical (unpaired) electrons. The minimum Gasteiger partial charge on any atom is -0.317 e. The number of rotatable bonds is 2. The van der Waals surface area contributed by atoms with E-state index in [1.165, 1.54) is 4.88 Å². The van der Waals surface area contributed by atoms with Crippen molar-refractivity contribution in [2.24, 2.45) is 5.41 Å². The van der Waals surface area contributed by atoms with Gasteiger partial charge in [0.15, 0.2) is 0 Å². The van der Waals surface area contributed by atoms with E-state index in [9.17, 15) is 4.21 Å². The molecule has 0 unspecified atom stereocenters. The van der Waals surface area contributed by atoms with Crippen LogP contribution in [0.15, 0.2) is 5.51 Å². The van der Waals surface area contributed by atoms with Crippen LogP contribution in [0.3, 0.4) is 0 Å². The van der Waals surface area contributed by atoms with E-state index in [1.54, 1.807) is 11.3 Å². The molecule has 1 aromatic heterocycles. The molecule has 1 aromatic rings. The monoisotopic (exact) mass is 313 g/mol. The van der Waals surface area contributed by atoms with E-state index < -0.39 is 11.0 Å². The molecule has 0 amide bonds. The van der Waals surface area contributed by atoms with Gasteiger partial charge in [0, 0.05) is 4.88 Å². The fraction of sp³-hybridized carbons (Fsp3) is 0.786. The lowest BCUT2D eigenvalue weighted by Gasteiger charge is -2.40. The summed E-state index contributed by atoms with van der Waals surface area (Å²) in [7, 11) is -1.05. The van der Waals surface area contributed by atoms with Gasteiger partial charge in [-0.25, -0.2) is 13.9 Å². The summed E-state index contributed by atoms with van der Waals surface area (Å²) in [6.07, 6.45) is 3.36. The number of hydrogen-bond donors (Lipinski definition) is 2. The topological polar surface area (TPSA) is 54.0 Å². The van der Waals surface area contributed by atoms with Crippen molar-refractivity contribution in [3.8, 4) is 0 Å². The molecular formula is C14H23N3OS2. The van der Waals surface area contributed by atoms with Crippen LogP contribution in [0.5, 0.6) is 0 Å². The van der Waals surface area contributed by atoms with Gasteiger partial charge in [-0.3, -0.25) is 0 Å². The van der Waals surface area contributed by atoms with Crippen LogP contribution in [0.4, 0.5) is 0 Å². The van der Waals surface area contributed by atoms with Crippen LogP contribution in [-0.2, 0) is 17.4 Å². The van der Waals surface area contributed by atoms with Gasteiger partial charge >= 0.3 is 0 Å². The molecule has 0 bridgehead atoms. The standard InChI is InChI=1S/C14H23N3OS2/c1-13(2,3)20(18)17-12-11-10(19-9-16-11)8-14(12)4-6-15-7-5-14/h9,12,15,17H,4-8H2,1-3H3/t12-,20-/m0/s1. The minimum atomic E-state index is -1.05. The SMILES string of the molecule is CC(C)(C)[S@](=O)N[C@H]1c2ncsc2CC12CCNCC2. The molecule has 2 N–H and O–H groups in total. The zero-order valence-corrected chi connectivity index (χ0v) is 14.0. The average molecular weight is 313 g/mol. The molecule has 4 nitrogen and oxygen atoms in total. The molecule has 2 atom stereocenters. The van der Waals surface area contributed by atoms with Crippen LogP contribution >= 0.6 is 11.3 Å². The molecule has 0 aromatic carbocycles. The van der Waals surface area contributed by atoms with Crippen molar-refractivity contribution in [2.45, 2.75) is 50.8 Å². The Morgan fingerprint density at radius 1 is 1.45 bits per heavy atom. The number of hydrogen-bond acceptors (Lipinski definition) is 4. The predicted molar refractivity (Wildman–Crippen MR) is 84.1 cm³/mol. The van der Waals surface area contributed by atoms with Crippen LogP contribution in [-0.4, -0.2) is 27.0 Å². The Morgan fingerprint density at radius 2 is 2.15 bits per heavy atom. The predicted octanol–water partition coefficient (Wildman–Crippen LogP) is 2.16. The molecule has 1 aliphatic heterocycles. The van der Waals surface area contributed by atoms with E-state index >= 15 is 0 Å². The van der Waals surface area contributed by atoms with E-state index in [-0.39, 0.29) is 16.2 Å². The summed E-state index contributed by atoms with van der Waals surface area (Å²) < 4.78 is 15.7. The average Bonchev–Trinajstić information content (AvgIpc) is 2.91. The maximum Gasteiger partial charge on any atom is 0.0976 e. The number of piperidine rings is 1. The lowest BCUT2D eigenvalue weighted by Crippen LogP contribution is -2.46. The summed E-state index contributed by atoms with van der Waals surface area (Å²) in [6.45, 7) is 8.15. The van der Waals surface area contributed by atoms with Crippen molar-refractivity contribution < 1.29 is 4.21 Å². The Bertz CT molecular complexity index is 515. The Kier molecular flexibility index (Phi) is 3.77. The number of aromatic nitrogens is 1. The summed E-state index contributed by atoms with van der Waals surface area (Å²) in [5, 5.41) is 3.44. The molecule has 2 heterocycles. The van der Waals surface area contributed by atoms with Crippen molar-refractivity contribution in [2.75, 3.05) is 13.1 Å². The summed E-state index contributed by atoms with van der Waals surface area (Å²) >= 11 is 1.75. The maximum absolute atomic E-state index is 12.5. The van der Waals surface area contributed by atoms with Gasteiger partial charge in [0.25, 0.3) is 0 Å². The third-order valence-corrected chi connectivity index (χ3v) is 6.86. The molecule has 1 fully saturated rings. The van der Waals surface area contributed by atoms with Gasteiger partial charge in [0.2, 0.25) is 0 Å². The molecule has 3 rings (SSSR count). The molecule has 1 spiro atoms. The number of thiazole rings is 1. The highest BCUT2D eigenvalue weighted by Gasteiger charge is 2.49. The van der Waals surface area contributed by atoms with E-state index in [4.69, 9.17) is 0 Å². The Morgan fingerprint density at radius 3 is 2.80 bits per heavy atom. The van der Waals surface area contributed by atoms with Crippen molar-refractivity contribution in [3.05, 3.63) is 16.1 Å². The third-order valence-electron chi connectivity index (χ3n) is 4.45. The molecular weight excluding hydrogens is 290 g/mol. The van der Waals surface area contributed by atoms with Gasteiger partial charge in [-0.15, -0.1) is 11.3 Å². The van der Waals surface area contributed by atoms with E-state index in [1.807, 2.05) is 26.3 Å².